The third-order valence-corrected chi connectivity index (χ3v) is 6.22. The molecule has 192 valence electrons. The number of benzene rings is 4. The van der Waals surface area contributed by atoms with Crippen molar-refractivity contribution in [1.29, 1.82) is 0 Å². The third-order valence-electron chi connectivity index (χ3n) is 6.22. The lowest BCUT2D eigenvalue weighted by molar-refractivity contribution is -0.122. The standard InChI is InChI=1S/C32H25N3O4/c1-2-34-31(38)30(39-32(34)33-29-19-24(21-36)13-16-25(29)22-37)20-23-14-17-28(18-15-23)35(26-9-5-3-6-10-26)27-11-7-4-8-12-27/h3-22H,2H2,1H3/b30-20+,33-32?. The number of rotatable bonds is 8. The maximum Gasteiger partial charge on any atom is 0.305 e. The molecule has 7 heteroatoms. The van der Waals surface area contributed by atoms with Gasteiger partial charge in [0, 0.05) is 34.7 Å². The Bertz CT molecular complexity index is 1520. The predicted octanol–water partition coefficient (Wildman–Crippen LogP) is 6.69. The lowest BCUT2D eigenvalue weighted by Crippen LogP contribution is -2.29. The van der Waals surface area contributed by atoms with Crippen molar-refractivity contribution in [2.24, 2.45) is 4.99 Å². The van der Waals surface area contributed by atoms with Gasteiger partial charge < -0.3 is 9.64 Å². The number of likely N-dealkylation sites (N-methyl/N-ethyl adjacent to an activating group) is 1. The van der Waals surface area contributed by atoms with Gasteiger partial charge in [-0.2, -0.15) is 4.99 Å². The maximum atomic E-state index is 13.1. The van der Waals surface area contributed by atoms with Gasteiger partial charge in [0.15, 0.2) is 12.0 Å². The molecule has 1 amide bonds. The number of amides is 1. The quantitative estimate of drug-likeness (QED) is 0.193. The second kappa shape index (κ2) is 11.4. The van der Waals surface area contributed by atoms with Crippen LogP contribution in [0.4, 0.5) is 22.7 Å². The maximum absolute atomic E-state index is 13.1. The minimum atomic E-state index is -0.338. The van der Waals surface area contributed by atoms with Crippen LogP contribution < -0.4 is 4.90 Å². The summed E-state index contributed by atoms with van der Waals surface area (Å²) in [5, 5.41) is 0. The molecular weight excluding hydrogens is 490 g/mol. The van der Waals surface area contributed by atoms with Gasteiger partial charge in [0.05, 0.1) is 5.69 Å². The van der Waals surface area contributed by atoms with E-state index >= 15 is 0 Å². The van der Waals surface area contributed by atoms with E-state index < -0.39 is 0 Å². The largest absolute Gasteiger partial charge is 0.419 e. The van der Waals surface area contributed by atoms with Crippen LogP contribution in [-0.2, 0) is 9.53 Å². The summed E-state index contributed by atoms with van der Waals surface area (Å²) in [5.74, 6) is -0.222. The Morgan fingerprint density at radius 3 is 1.92 bits per heavy atom. The van der Waals surface area contributed by atoms with Gasteiger partial charge in [-0.1, -0.05) is 54.6 Å². The lowest BCUT2D eigenvalue weighted by Gasteiger charge is -2.25. The summed E-state index contributed by atoms with van der Waals surface area (Å²) in [6, 6.07) is 32.5. The molecule has 1 saturated heterocycles. The van der Waals surface area contributed by atoms with Gasteiger partial charge in [0.2, 0.25) is 0 Å². The van der Waals surface area contributed by atoms with Crippen molar-refractivity contribution in [3.8, 4) is 0 Å². The fourth-order valence-corrected chi connectivity index (χ4v) is 4.28. The summed E-state index contributed by atoms with van der Waals surface area (Å²) in [4.78, 5) is 43.7. The van der Waals surface area contributed by atoms with Gasteiger partial charge in [-0.25, -0.2) is 0 Å². The van der Waals surface area contributed by atoms with Crippen molar-refractivity contribution < 1.29 is 19.1 Å². The first-order valence-electron chi connectivity index (χ1n) is 12.5. The first kappa shape index (κ1) is 25.4. The number of ether oxygens (including phenoxy) is 1. The van der Waals surface area contributed by atoms with Crippen LogP contribution in [0.5, 0.6) is 0 Å². The molecule has 0 spiro atoms. The van der Waals surface area contributed by atoms with E-state index in [9.17, 15) is 14.4 Å². The summed E-state index contributed by atoms with van der Waals surface area (Å²) in [6.45, 7) is 2.12. The van der Waals surface area contributed by atoms with Crippen LogP contribution in [0, 0.1) is 0 Å². The molecule has 0 atom stereocenters. The first-order valence-corrected chi connectivity index (χ1v) is 12.5. The highest BCUT2D eigenvalue weighted by Crippen LogP contribution is 2.34. The van der Waals surface area contributed by atoms with Crippen molar-refractivity contribution in [1.82, 2.24) is 4.90 Å². The molecule has 5 rings (SSSR count). The van der Waals surface area contributed by atoms with Crippen molar-refractivity contribution in [2.75, 3.05) is 11.4 Å². The fraction of sp³-hybridized carbons (Fsp3) is 0.0625. The van der Waals surface area contributed by atoms with E-state index in [1.54, 1.807) is 13.0 Å². The zero-order valence-corrected chi connectivity index (χ0v) is 21.2. The average Bonchev–Trinajstić information content (AvgIpc) is 3.28. The summed E-state index contributed by atoms with van der Waals surface area (Å²) in [5.41, 5.74) is 4.69. The highest BCUT2D eigenvalue weighted by Gasteiger charge is 2.34. The van der Waals surface area contributed by atoms with E-state index in [4.69, 9.17) is 4.74 Å². The van der Waals surface area contributed by atoms with Gasteiger partial charge in [0.25, 0.3) is 5.91 Å². The zero-order chi connectivity index (χ0) is 27.2. The summed E-state index contributed by atoms with van der Waals surface area (Å²) in [6.07, 6.45) is 2.98. The van der Waals surface area contributed by atoms with Crippen LogP contribution >= 0.6 is 0 Å². The molecule has 0 radical (unpaired) electrons. The van der Waals surface area contributed by atoms with E-state index in [0.717, 1.165) is 22.6 Å². The lowest BCUT2D eigenvalue weighted by atomic mass is 10.1. The molecule has 0 N–H and O–H groups in total. The Labute approximate surface area is 226 Å². The number of para-hydroxylation sites is 2. The SMILES string of the molecule is CCN1C(=O)/C(=C\c2ccc(N(c3ccccc3)c3ccccc3)cc2)OC1=Nc1cc(C=O)ccc1C=O. The molecule has 4 aromatic rings. The van der Waals surface area contributed by atoms with Crippen molar-refractivity contribution in [3.05, 3.63) is 126 Å². The normalized spacial score (nSPS) is 14.9. The number of hydrogen-bond donors (Lipinski definition) is 0. The van der Waals surface area contributed by atoms with Gasteiger partial charge in [0.1, 0.15) is 6.29 Å². The Morgan fingerprint density at radius 1 is 0.769 bits per heavy atom. The second-order valence-corrected chi connectivity index (χ2v) is 8.71. The Morgan fingerprint density at radius 2 is 1.36 bits per heavy atom. The highest BCUT2D eigenvalue weighted by molar-refractivity contribution is 6.12. The van der Waals surface area contributed by atoms with Crippen LogP contribution in [0.25, 0.3) is 6.08 Å². The molecule has 1 aliphatic heterocycles. The topological polar surface area (TPSA) is 79.3 Å². The van der Waals surface area contributed by atoms with E-state index in [1.165, 1.54) is 23.1 Å². The molecule has 0 unspecified atom stereocenters. The Hall–Kier alpha value is -5.30. The van der Waals surface area contributed by atoms with Gasteiger partial charge in [-0.15, -0.1) is 0 Å². The predicted molar refractivity (Wildman–Crippen MR) is 152 cm³/mol. The number of anilines is 3. The van der Waals surface area contributed by atoms with Crippen LogP contribution in [-0.4, -0.2) is 35.9 Å². The van der Waals surface area contributed by atoms with Crippen LogP contribution in [0.3, 0.4) is 0 Å². The van der Waals surface area contributed by atoms with Crippen molar-refractivity contribution >= 4 is 53.3 Å². The van der Waals surface area contributed by atoms with Gasteiger partial charge >= 0.3 is 6.02 Å². The van der Waals surface area contributed by atoms with Gasteiger partial charge in [-0.3, -0.25) is 19.3 Å². The summed E-state index contributed by atoms with van der Waals surface area (Å²) in [7, 11) is 0. The molecule has 1 fully saturated rings. The summed E-state index contributed by atoms with van der Waals surface area (Å²) >= 11 is 0. The molecule has 7 nitrogen and oxygen atoms in total. The molecule has 0 aliphatic carbocycles. The third kappa shape index (κ3) is 5.38. The zero-order valence-electron chi connectivity index (χ0n) is 21.2. The second-order valence-electron chi connectivity index (χ2n) is 8.71. The number of carbonyl (C=O) groups excluding carboxylic acids is 3. The molecule has 39 heavy (non-hydrogen) atoms. The monoisotopic (exact) mass is 515 g/mol. The van der Waals surface area contributed by atoms with Crippen LogP contribution in [0.1, 0.15) is 33.2 Å². The number of aldehydes is 2. The first-order chi connectivity index (χ1) is 19.1. The number of hydrogen-bond acceptors (Lipinski definition) is 6. The smallest absolute Gasteiger partial charge is 0.305 e. The summed E-state index contributed by atoms with van der Waals surface area (Å²) < 4.78 is 5.85. The van der Waals surface area contributed by atoms with E-state index in [2.05, 4.69) is 34.2 Å². The number of carbonyl (C=O) groups is 3. The van der Waals surface area contributed by atoms with Crippen LogP contribution in [0.15, 0.2) is 114 Å². The Balaban J connectivity index is 1.45. The van der Waals surface area contributed by atoms with Crippen molar-refractivity contribution in [3.63, 3.8) is 0 Å². The molecule has 0 aromatic heterocycles. The number of nitrogens with zero attached hydrogens (tertiary/aromatic N) is 3. The highest BCUT2D eigenvalue weighted by atomic mass is 16.5. The minimum Gasteiger partial charge on any atom is -0.419 e. The molecule has 1 aliphatic rings. The molecule has 0 saturated carbocycles. The number of amidine groups is 1. The molecule has 4 aromatic carbocycles. The average molecular weight is 516 g/mol. The molecule has 0 bridgehead atoms. The fourth-order valence-electron chi connectivity index (χ4n) is 4.28. The number of aliphatic imine (C=N–C) groups is 1. The minimum absolute atomic E-state index is 0.0517. The Kier molecular flexibility index (Phi) is 7.41. The van der Waals surface area contributed by atoms with Crippen molar-refractivity contribution in [2.45, 2.75) is 6.92 Å². The molecule has 1 heterocycles. The van der Waals surface area contributed by atoms with E-state index in [-0.39, 0.29) is 28.9 Å². The van der Waals surface area contributed by atoms with Crippen LogP contribution in [0.2, 0.25) is 0 Å². The van der Waals surface area contributed by atoms with E-state index in [1.807, 2.05) is 60.7 Å². The van der Waals surface area contributed by atoms with Gasteiger partial charge in [-0.05, 0) is 67.1 Å². The molecular formula is C32H25N3O4. The van der Waals surface area contributed by atoms with E-state index in [0.29, 0.717) is 24.7 Å².